The number of amides is 1. The van der Waals surface area contributed by atoms with Crippen LogP contribution in [0.15, 0.2) is 36.4 Å². The number of hydrogen-bond donors (Lipinski definition) is 1. The number of carbonyl (C=O) groups excluding carboxylic acids is 1. The third-order valence-electron chi connectivity index (χ3n) is 7.59. The Hall–Kier alpha value is -1.65. The van der Waals surface area contributed by atoms with Gasteiger partial charge in [-0.3, -0.25) is 9.69 Å². The maximum atomic E-state index is 12.6. The molecule has 1 unspecified atom stereocenters. The number of para-hydroxylation sites is 1. The molecule has 5 atom stereocenters. The average molecular weight is 338 g/mol. The van der Waals surface area contributed by atoms with E-state index in [1.165, 1.54) is 5.56 Å². The molecule has 4 aliphatic rings. The lowest BCUT2D eigenvalue weighted by Crippen LogP contribution is -2.67. The van der Waals surface area contributed by atoms with Crippen molar-refractivity contribution in [3.63, 3.8) is 0 Å². The predicted octanol–water partition coefficient (Wildman–Crippen LogP) is 2.46. The van der Waals surface area contributed by atoms with E-state index in [2.05, 4.69) is 36.6 Å². The van der Waals surface area contributed by atoms with Gasteiger partial charge in [0.05, 0.1) is 11.6 Å². The molecule has 0 radical (unpaired) electrons. The second kappa shape index (κ2) is 4.74. The van der Waals surface area contributed by atoms with Crippen molar-refractivity contribution in [2.75, 3.05) is 18.0 Å². The van der Waals surface area contributed by atoms with Crippen LogP contribution in [0.5, 0.6) is 0 Å². The quantitative estimate of drug-likeness (QED) is 0.800. The van der Waals surface area contributed by atoms with Gasteiger partial charge in [0.15, 0.2) is 0 Å². The van der Waals surface area contributed by atoms with E-state index in [9.17, 15) is 9.90 Å². The molecule has 4 nitrogen and oxygen atoms in total. The van der Waals surface area contributed by atoms with Gasteiger partial charge < -0.3 is 10.0 Å². The summed E-state index contributed by atoms with van der Waals surface area (Å²) in [7, 11) is 0. The zero-order chi connectivity index (χ0) is 17.6. The fraction of sp³-hybridized carbons (Fsp3) is 0.571. The fourth-order valence-electron chi connectivity index (χ4n) is 6.55. The molecule has 0 aromatic heterocycles. The Morgan fingerprint density at radius 2 is 2.16 bits per heavy atom. The van der Waals surface area contributed by atoms with Crippen molar-refractivity contribution in [2.24, 2.45) is 5.92 Å². The maximum absolute atomic E-state index is 12.6. The van der Waals surface area contributed by atoms with Crippen molar-refractivity contribution >= 4 is 11.6 Å². The number of carbonyl (C=O) groups is 1. The second-order valence-electron chi connectivity index (χ2n) is 8.41. The van der Waals surface area contributed by atoms with Gasteiger partial charge in [-0.05, 0) is 43.0 Å². The number of aliphatic hydroxyl groups is 1. The van der Waals surface area contributed by atoms with Crippen molar-refractivity contribution in [1.29, 1.82) is 0 Å². The van der Waals surface area contributed by atoms with Gasteiger partial charge in [-0.1, -0.05) is 31.7 Å². The molecule has 1 aromatic carbocycles. The molecule has 1 aliphatic carbocycles. The highest BCUT2D eigenvalue weighted by Gasteiger charge is 2.68. The van der Waals surface area contributed by atoms with E-state index in [-0.39, 0.29) is 23.3 Å². The largest absolute Gasteiger partial charge is 0.388 e. The monoisotopic (exact) mass is 338 g/mol. The fourth-order valence-corrected chi connectivity index (χ4v) is 6.55. The lowest BCUT2D eigenvalue weighted by atomic mass is 9.55. The predicted molar refractivity (Wildman–Crippen MR) is 97.5 cm³/mol. The Morgan fingerprint density at radius 3 is 2.88 bits per heavy atom. The summed E-state index contributed by atoms with van der Waals surface area (Å²) in [5, 5.41) is 11.3. The molecule has 25 heavy (non-hydrogen) atoms. The first-order chi connectivity index (χ1) is 11.9. The van der Waals surface area contributed by atoms with Gasteiger partial charge in [0.2, 0.25) is 5.91 Å². The summed E-state index contributed by atoms with van der Waals surface area (Å²) in [6.45, 7) is 9.92. The Bertz CT molecular complexity index is 790. The molecule has 1 spiro atoms. The molecule has 1 saturated carbocycles. The van der Waals surface area contributed by atoms with Crippen LogP contribution in [-0.4, -0.2) is 46.7 Å². The SMILES string of the molecule is C=C1[C@@H]2N(C(C)=O)c3ccccc3C23CCN2C[C@@](O)(CC)[C@@H]1C[C@H]23. The maximum Gasteiger partial charge on any atom is 0.224 e. The van der Waals surface area contributed by atoms with Crippen molar-refractivity contribution in [1.82, 2.24) is 4.90 Å². The van der Waals surface area contributed by atoms with E-state index in [0.29, 0.717) is 6.04 Å². The molecule has 4 heteroatoms. The average Bonchev–Trinajstić information content (AvgIpc) is 3.12. The van der Waals surface area contributed by atoms with E-state index in [4.69, 9.17) is 0 Å². The van der Waals surface area contributed by atoms with E-state index in [1.807, 2.05) is 11.0 Å². The number of anilines is 1. The normalized spacial score (nSPS) is 41.6. The van der Waals surface area contributed by atoms with Gasteiger partial charge in [-0.15, -0.1) is 0 Å². The molecule has 3 heterocycles. The van der Waals surface area contributed by atoms with Crippen LogP contribution in [-0.2, 0) is 10.2 Å². The molecule has 3 fully saturated rings. The van der Waals surface area contributed by atoms with Crippen LogP contribution in [0.4, 0.5) is 5.69 Å². The standard InChI is InChI=1S/C21H26N2O2/c1-4-20(25)12-22-10-9-21-15-7-5-6-8-17(15)23(14(3)24)19(21)13(2)16(20)11-18(21)22/h5-8,16,18-19,25H,2,4,9-12H2,1,3H3/t16-,18+,19+,20+,21?/m1/s1. The zero-order valence-electron chi connectivity index (χ0n) is 15.0. The minimum atomic E-state index is -0.721. The first-order valence-corrected chi connectivity index (χ1v) is 9.48. The van der Waals surface area contributed by atoms with Crippen LogP contribution in [0.2, 0.25) is 0 Å². The molecular weight excluding hydrogens is 312 g/mol. The molecule has 1 aromatic rings. The lowest BCUT2D eigenvalue weighted by molar-refractivity contribution is -0.118. The molecule has 3 aliphatic heterocycles. The van der Waals surface area contributed by atoms with Crippen LogP contribution < -0.4 is 4.90 Å². The highest BCUT2D eigenvalue weighted by Crippen LogP contribution is 2.63. The van der Waals surface area contributed by atoms with Crippen LogP contribution in [0.25, 0.3) is 0 Å². The van der Waals surface area contributed by atoms with Crippen molar-refractivity contribution in [2.45, 2.75) is 56.2 Å². The van der Waals surface area contributed by atoms with Crippen molar-refractivity contribution in [3.05, 3.63) is 42.0 Å². The first kappa shape index (κ1) is 15.6. The smallest absolute Gasteiger partial charge is 0.224 e. The second-order valence-corrected chi connectivity index (χ2v) is 8.41. The third-order valence-corrected chi connectivity index (χ3v) is 7.59. The van der Waals surface area contributed by atoms with Gasteiger partial charge in [-0.2, -0.15) is 0 Å². The van der Waals surface area contributed by atoms with Crippen LogP contribution in [0, 0.1) is 5.92 Å². The van der Waals surface area contributed by atoms with Gasteiger partial charge in [-0.25, -0.2) is 0 Å². The Kier molecular flexibility index (Phi) is 2.96. The minimum absolute atomic E-state index is 0.0190. The van der Waals surface area contributed by atoms with E-state index in [1.54, 1.807) is 6.92 Å². The van der Waals surface area contributed by atoms with Crippen LogP contribution >= 0.6 is 0 Å². The molecule has 132 valence electrons. The number of benzene rings is 1. The summed E-state index contributed by atoms with van der Waals surface area (Å²) in [6.07, 6.45) is 2.72. The van der Waals surface area contributed by atoms with Gasteiger partial charge >= 0.3 is 0 Å². The van der Waals surface area contributed by atoms with Gasteiger partial charge in [0.25, 0.3) is 0 Å². The van der Waals surface area contributed by atoms with E-state index in [0.717, 1.165) is 43.6 Å². The topological polar surface area (TPSA) is 43.8 Å². The third kappa shape index (κ3) is 1.63. The summed E-state index contributed by atoms with van der Waals surface area (Å²) >= 11 is 0. The number of rotatable bonds is 1. The Balaban J connectivity index is 1.76. The Labute approximate surface area is 149 Å². The minimum Gasteiger partial charge on any atom is -0.388 e. The molecule has 2 bridgehead atoms. The lowest BCUT2D eigenvalue weighted by Gasteiger charge is -2.57. The summed E-state index contributed by atoms with van der Waals surface area (Å²) in [4.78, 5) is 17.1. The van der Waals surface area contributed by atoms with Crippen LogP contribution in [0.1, 0.15) is 38.7 Å². The summed E-state index contributed by atoms with van der Waals surface area (Å²) in [6, 6.07) is 8.78. The molecular formula is C21H26N2O2. The van der Waals surface area contributed by atoms with Gasteiger partial charge in [0, 0.05) is 36.5 Å². The number of hydrogen-bond acceptors (Lipinski definition) is 3. The number of fused-ring (bicyclic) bond motifs is 2. The van der Waals surface area contributed by atoms with E-state index >= 15 is 0 Å². The van der Waals surface area contributed by atoms with Crippen molar-refractivity contribution in [3.8, 4) is 0 Å². The molecule has 1 amide bonds. The van der Waals surface area contributed by atoms with Crippen LogP contribution in [0.3, 0.4) is 0 Å². The van der Waals surface area contributed by atoms with Crippen molar-refractivity contribution < 1.29 is 9.90 Å². The number of piperidine rings is 1. The van der Waals surface area contributed by atoms with Gasteiger partial charge in [0.1, 0.15) is 0 Å². The summed E-state index contributed by atoms with van der Waals surface area (Å²) in [5.74, 6) is 0.153. The summed E-state index contributed by atoms with van der Waals surface area (Å²) < 4.78 is 0. The zero-order valence-corrected chi connectivity index (χ0v) is 15.0. The Morgan fingerprint density at radius 1 is 1.40 bits per heavy atom. The first-order valence-electron chi connectivity index (χ1n) is 9.48. The summed E-state index contributed by atoms with van der Waals surface area (Å²) in [5.41, 5.74) is 2.65. The molecule has 2 saturated heterocycles. The molecule has 5 rings (SSSR count). The molecule has 1 N–H and O–H groups in total. The van der Waals surface area contributed by atoms with E-state index < -0.39 is 5.60 Å². The highest BCUT2D eigenvalue weighted by atomic mass is 16.3. The number of nitrogens with zero attached hydrogens (tertiary/aromatic N) is 2. The highest BCUT2D eigenvalue weighted by molar-refractivity contribution is 5.97.